The van der Waals surface area contributed by atoms with Crippen molar-refractivity contribution >= 4 is 17.3 Å². The molecule has 8 heteroatoms. The van der Waals surface area contributed by atoms with Crippen LogP contribution in [0.4, 0.5) is 23.2 Å². The number of methoxy groups -OCH3 is 1. The molecule has 0 saturated heterocycles. The highest BCUT2D eigenvalue weighted by Gasteiger charge is 2.66. The Morgan fingerprint density at radius 2 is 1.88 bits per heavy atom. The van der Waals surface area contributed by atoms with Gasteiger partial charge in [-0.15, -0.1) is 0 Å². The van der Waals surface area contributed by atoms with Crippen LogP contribution in [0.1, 0.15) is 56.9 Å². The van der Waals surface area contributed by atoms with Gasteiger partial charge >= 0.3 is 6.18 Å². The topological polar surface area (TPSA) is 46.6 Å². The van der Waals surface area contributed by atoms with E-state index in [1.807, 2.05) is 50.2 Å². The largest absolute Gasteiger partial charge is 0.457 e. The lowest BCUT2D eigenvalue weighted by atomic mass is 9.48. The summed E-state index contributed by atoms with van der Waals surface area (Å²) in [7, 11) is 5.23. The van der Waals surface area contributed by atoms with Crippen molar-refractivity contribution in [2.24, 2.45) is 22.7 Å². The summed E-state index contributed by atoms with van der Waals surface area (Å²) in [4.78, 5) is 27.9. The lowest BCUT2D eigenvalue weighted by Gasteiger charge is -2.55. The molecular formula is C32H35F4NO3. The maximum atomic E-state index is 15.8. The molecule has 0 N–H and O–H groups in total. The second kappa shape index (κ2) is 10.2. The summed E-state index contributed by atoms with van der Waals surface area (Å²) in [6, 6.07) is 8.02. The van der Waals surface area contributed by atoms with Gasteiger partial charge in [0.25, 0.3) is 0 Å². The normalized spacial score (nSPS) is 33.3. The van der Waals surface area contributed by atoms with Crippen LogP contribution in [0.2, 0.25) is 0 Å². The third-order valence-corrected chi connectivity index (χ3v) is 9.93. The first-order valence-electron chi connectivity index (χ1n) is 13.8. The molecule has 0 aromatic heterocycles. The van der Waals surface area contributed by atoms with Gasteiger partial charge in [-0.1, -0.05) is 30.6 Å². The fourth-order valence-electron chi connectivity index (χ4n) is 8.13. The predicted molar refractivity (Wildman–Crippen MR) is 144 cm³/mol. The number of allylic oxidation sites excluding steroid dienone is 4. The summed E-state index contributed by atoms with van der Waals surface area (Å²) in [6.07, 6.45) is -2.69. The number of ether oxygens (including phenoxy) is 1. The Morgan fingerprint density at radius 3 is 2.50 bits per heavy atom. The van der Waals surface area contributed by atoms with E-state index in [1.165, 1.54) is 19.1 Å². The summed E-state index contributed by atoms with van der Waals surface area (Å²) in [5, 5.41) is 0. The van der Waals surface area contributed by atoms with E-state index in [9.17, 15) is 22.8 Å². The van der Waals surface area contributed by atoms with Gasteiger partial charge in [-0.3, -0.25) is 9.59 Å². The van der Waals surface area contributed by atoms with Crippen LogP contribution in [-0.4, -0.2) is 51.7 Å². The number of halogens is 4. The highest BCUT2D eigenvalue weighted by molar-refractivity contribution is 5.93. The molecule has 0 amide bonds. The monoisotopic (exact) mass is 557 g/mol. The van der Waals surface area contributed by atoms with Crippen LogP contribution in [0.15, 0.2) is 47.1 Å². The zero-order valence-corrected chi connectivity index (χ0v) is 23.3. The summed E-state index contributed by atoms with van der Waals surface area (Å²) in [5.41, 5.74) is 1.89. The number of benzene rings is 1. The molecule has 6 atom stereocenters. The minimum Gasteiger partial charge on any atom is -0.378 e. The van der Waals surface area contributed by atoms with Crippen LogP contribution in [-0.2, 0) is 14.3 Å². The number of rotatable bonds is 5. The molecule has 2 fully saturated rings. The quantitative estimate of drug-likeness (QED) is 0.312. The van der Waals surface area contributed by atoms with E-state index in [2.05, 4.69) is 5.92 Å². The maximum absolute atomic E-state index is 15.8. The summed E-state index contributed by atoms with van der Waals surface area (Å²) < 4.78 is 61.3. The average Bonchev–Trinajstić information content (AvgIpc) is 3.20. The number of fused-ring (bicyclic) bond motifs is 4. The van der Waals surface area contributed by atoms with Crippen LogP contribution in [0.5, 0.6) is 0 Å². The molecule has 1 aromatic carbocycles. The van der Waals surface area contributed by atoms with E-state index >= 15 is 4.39 Å². The molecule has 40 heavy (non-hydrogen) atoms. The number of anilines is 1. The summed E-state index contributed by atoms with van der Waals surface area (Å²) in [5.74, 6) is 2.61. The number of ketones is 2. The van der Waals surface area contributed by atoms with Crippen LogP contribution in [0, 0.1) is 34.5 Å². The Hall–Kier alpha value is -2.92. The zero-order valence-electron chi connectivity index (χ0n) is 23.3. The number of alkyl halides is 4. The molecule has 4 nitrogen and oxygen atoms in total. The molecular weight excluding hydrogens is 522 g/mol. The van der Waals surface area contributed by atoms with Gasteiger partial charge in [0.15, 0.2) is 11.6 Å². The second-order valence-electron chi connectivity index (χ2n) is 12.1. The Labute approximate surface area is 232 Å². The lowest BCUT2D eigenvalue weighted by Crippen LogP contribution is -2.52. The van der Waals surface area contributed by atoms with E-state index in [4.69, 9.17) is 4.74 Å². The van der Waals surface area contributed by atoms with Gasteiger partial charge in [0.2, 0.25) is 0 Å². The van der Waals surface area contributed by atoms with Crippen molar-refractivity contribution in [2.75, 3.05) is 32.7 Å². The van der Waals surface area contributed by atoms with Crippen molar-refractivity contribution in [3.8, 4) is 11.8 Å². The van der Waals surface area contributed by atoms with Gasteiger partial charge in [-0.05, 0) is 84.3 Å². The molecule has 0 radical (unpaired) electrons. The highest BCUT2D eigenvalue weighted by atomic mass is 19.4. The van der Waals surface area contributed by atoms with Crippen LogP contribution >= 0.6 is 0 Å². The third-order valence-electron chi connectivity index (χ3n) is 9.93. The van der Waals surface area contributed by atoms with Gasteiger partial charge in [-0.2, -0.15) is 13.2 Å². The number of nitrogens with zero attached hydrogens (tertiary/aromatic N) is 1. The van der Waals surface area contributed by atoms with Crippen molar-refractivity contribution in [1.82, 2.24) is 0 Å². The number of Topliss-reactive ketones (excluding diaryl/α,β-unsaturated/α-hetero) is 1. The van der Waals surface area contributed by atoms with Crippen LogP contribution in [0.25, 0.3) is 0 Å². The predicted octanol–water partition coefficient (Wildman–Crippen LogP) is 6.37. The molecule has 0 heterocycles. The van der Waals surface area contributed by atoms with Crippen molar-refractivity contribution in [3.63, 3.8) is 0 Å². The number of hydrogen-bond donors (Lipinski definition) is 0. The van der Waals surface area contributed by atoms with Gasteiger partial charge in [0.1, 0.15) is 12.8 Å². The third kappa shape index (κ3) is 4.60. The Balaban J connectivity index is 1.72. The number of hydrogen-bond acceptors (Lipinski definition) is 4. The van der Waals surface area contributed by atoms with Crippen LogP contribution in [0.3, 0.4) is 0 Å². The molecule has 4 aliphatic rings. The Kier molecular flexibility index (Phi) is 7.27. The van der Waals surface area contributed by atoms with E-state index in [1.54, 1.807) is 0 Å². The van der Waals surface area contributed by atoms with E-state index < -0.39 is 29.0 Å². The Bertz CT molecular complexity index is 1330. The second-order valence-corrected chi connectivity index (χ2v) is 12.1. The molecule has 1 aromatic rings. The minimum absolute atomic E-state index is 0.0829. The van der Waals surface area contributed by atoms with Crippen molar-refractivity contribution in [1.29, 1.82) is 0 Å². The molecule has 0 aliphatic heterocycles. The lowest BCUT2D eigenvalue weighted by molar-refractivity contribution is -0.137. The first-order chi connectivity index (χ1) is 18.8. The average molecular weight is 558 g/mol. The van der Waals surface area contributed by atoms with E-state index in [0.29, 0.717) is 31.3 Å². The zero-order chi connectivity index (χ0) is 29.0. The van der Waals surface area contributed by atoms with Crippen molar-refractivity contribution in [3.05, 3.63) is 52.6 Å². The van der Waals surface area contributed by atoms with Gasteiger partial charge in [0, 0.05) is 45.2 Å². The van der Waals surface area contributed by atoms with Gasteiger partial charge < -0.3 is 9.64 Å². The molecule has 1 unspecified atom stereocenters. The van der Waals surface area contributed by atoms with Gasteiger partial charge in [0.05, 0.1) is 5.41 Å². The molecule has 2 saturated carbocycles. The van der Waals surface area contributed by atoms with E-state index in [-0.39, 0.29) is 43.0 Å². The minimum atomic E-state index is -4.75. The smallest absolute Gasteiger partial charge is 0.378 e. The first-order valence-corrected chi connectivity index (χ1v) is 13.8. The molecule has 0 bridgehead atoms. The molecule has 214 valence electrons. The number of carbonyl (C=O) groups excluding carboxylic acids is 2. The molecule has 5 rings (SSSR count). The van der Waals surface area contributed by atoms with Crippen LogP contribution < -0.4 is 4.90 Å². The van der Waals surface area contributed by atoms with Gasteiger partial charge in [-0.25, -0.2) is 4.39 Å². The standard InChI is InChI=1S/C32H35F4NO3/c1-30-17-25(19-5-7-20(8-6-19)37(2)3)29-22-10-9-21(38)15-23(22)27(33)16-24(29)26(30)11-12-31(30,28(39)18-40-4)13-14-32(34,35)36/h5-8,15,24-27H,9-12,16-18H2,1-4H3/t24-,25+,26-,27?,30-,31+/m0/s1. The summed E-state index contributed by atoms with van der Waals surface area (Å²) >= 11 is 0. The van der Waals surface area contributed by atoms with E-state index in [0.717, 1.165) is 22.4 Å². The maximum Gasteiger partial charge on any atom is 0.457 e. The van der Waals surface area contributed by atoms with Crippen molar-refractivity contribution in [2.45, 2.75) is 63.7 Å². The first kappa shape index (κ1) is 28.6. The molecule has 4 aliphatic carbocycles. The highest BCUT2D eigenvalue weighted by Crippen LogP contribution is 2.70. The Morgan fingerprint density at radius 1 is 1.18 bits per heavy atom. The fourth-order valence-corrected chi connectivity index (χ4v) is 8.13. The fraction of sp³-hybridized carbons (Fsp3) is 0.562. The summed E-state index contributed by atoms with van der Waals surface area (Å²) in [6.45, 7) is 1.55. The van der Waals surface area contributed by atoms with Crippen molar-refractivity contribution < 1.29 is 31.9 Å². The number of carbonyl (C=O) groups is 2. The SMILES string of the molecule is COCC(=O)[C@]1(C#CC(F)(F)F)CC[C@H]2[C@@H]3CC(F)C4=CC(=O)CCC4=C3[C@@H](c3ccc(N(C)C)cc3)C[C@@]21C. The molecule has 0 spiro atoms.